The molecule has 0 saturated carbocycles. The summed E-state index contributed by atoms with van der Waals surface area (Å²) in [4.78, 5) is 5.06. The van der Waals surface area contributed by atoms with Crippen molar-refractivity contribution in [2.24, 2.45) is 11.8 Å². The van der Waals surface area contributed by atoms with Gasteiger partial charge >= 0.3 is 0 Å². The Labute approximate surface area is 116 Å². The molecule has 0 bridgehead atoms. The van der Waals surface area contributed by atoms with Crippen LogP contribution in [0.25, 0.3) is 0 Å². The standard InChI is InChI=1S/C14H30N2.C2H6/c1-5-15(4)9-6-10-16-11-7-14(8-12-16)13(2)3;1-2/h13-14H,5-12H2,1-4H3;1-2H3. The van der Waals surface area contributed by atoms with E-state index in [2.05, 4.69) is 37.6 Å². The Morgan fingerprint density at radius 2 is 1.72 bits per heavy atom. The molecule has 18 heavy (non-hydrogen) atoms. The van der Waals surface area contributed by atoms with E-state index >= 15 is 0 Å². The SMILES string of the molecule is CC.CCN(C)CCCN1CCC(C(C)C)CC1. The van der Waals surface area contributed by atoms with E-state index in [9.17, 15) is 0 Å². The number of rotatable bonds is 6. The zero-order valence-electron chi connectivity index (χ0n) is 13.7. The van der Waals surface area contributed by atoms with Gasteiger partial charge in [-0.15, -0.1) is 0 Å². The summed E-state index contributed by atoms with van der Waals surface area (Å²) in [6.07, 6.45) is 4.17. The van der Waals surface area contributed by atoms with Crippen LogP contribution in [0.5, 0.6) is 0 Å². The summed E-state index contributed by atoms with van der Waals surface area (Å²) >= 11 is 0. The first-order chi connectivity index (χ1) is 8.63. The normalized spacial score (nSPS) is 18.0. The third-order valence-corrected chi connectivity index (χ3v) is 4.13. The summed E-state index contributed by atoms with van der Waals surface area (Å²) in [7, 11) is 2.21. The van der Waals surface area contributed by atoms with E-state index in [4.69, 9.17) is 0 Å². The van der Waals surface area contributed by atoms with Crippen LogP contribution in [0.15, 0.2) is 0 Å². The smallest absolute Gasteiger partial charge is 0.000655 e. The minimum Gasteiger partial charge on any atom is -0.307 e. The fraction of sp³-hybridized carbons (Fsp3) is 1.00. The van der Waals surface area contributed by atoms with Crippen molar-refractivity contribution in [1.29, 1.82) is 0 Å². The molecule has 0 aromatic carbocycles. The van der Waals surface area contributed by atoms with Crippen LogP contribution in [0.4, 0.5) is 0 Å². The predicted octanol–water partition coefficient (Wildman–Crippen LogP) is 3.72. The Bertz CT molecular complexity index is 172. The molecule has 0 aromatic heterocycles. The predicted molar refractivity (Wildman–Crippen MR) is 83.1 cm³/mol. The molecule has 0 aliphatic carbocycles. The van der Waals surface area contributed by atoms with Crippen LogP contribution in [0, 0.1) is 11.8 Å². The summed E-state index contributed by atoms with van der Waals surface area (Å²) in [5.41, 5.74) is 0. The highest BCUT2D eigenvalue weighted by Gasteiger charge is 2.20. The van der Waals surface area contributed by atoms with Gasteiger partial charge < -0.3 is 9.80 Å². The van der Waals surface area contributed by atoms with Crippen LogP contribution in [-0.4, -0.2) is 49.6 Å². The van der Waals surface area contributed by atoms with Crippen molar-refractivity contribution >= 4 is 0 Å². The van der Waals surface area contributed by atoms with Crippen LogP contribution in [0.1, 0.15) is 53.9 Å². The van der Waals surface area contributed by atoms with Crippen LogP contribution in [0.2, 0.25) is 0 Å². The van der Waals surface area contributed by atoms with E-state index in [0.29, 0.717) is 0 Å². The lowest BCUT2D eigenvalue weighted by Gasteiger charge is -2.34. The largest absolute Gasteiger partial charge is 0.307 e. The third kappa shape index (κ3) is 7.38. The van der Waals surface area contributed by atoms with Gasteiger partial charge in [-0.1, -0.05) is 34.6 Å². The molecule has 0 spiro atoms. The lowest BCUT2D eigenvalue weighted by atomic mass is 9.87. The van der Waals surface area contributed by atoms with Gasteiger partial charge in [-0.3, -0.25) is 0 Å². The minimum absolute atomic E-state index is 0.883. The van der Waals surface area contributed by atoms with Gasteiger partial charge in [0.1, 0.15) is 0 Å². The Kier molecular flexibility index (Phi) is 10.8. The van der Waals surface area contributed by atoms with Gasteiger partial charge in [0.2, 0.25) is 0 Å². The van der Waals surface area contributed by atoms with Crippen molar-refractivity contribution < 1.29 is 0 Å². The summed E-state index contributed by atoms with van der Waals surface area (Å²) < 4.78 is 0. The number of likely N-dealkylation sites (tertiary alicyclic amines) is 1. The van der Waals surface area contributed by atoms with Gasteiger partial charge in [0.25, 0.3) is 0 Å². The highest BCUT2D eigenvalue weighted by atomic mass is 15.1. The second-order valence-corrected chi connectivity index (χ2v) is 5.67. The highest BCUT2D eigenvalue weighted by Crippen LogP contribution is 2.24. The number of hydrogen-bond donors (Lipinski definition) is 0. The first-order valence-electron chi connectivity index (χ1n) is 8.04. The molecule has 0 N–H and O–H groups in total. The van der Waals surface area contributed by atoms with Crippen LogP contribution >= 0.6 is 0 Å². The second kappa shape index (κ2) is 10.8. The molecule has 1 aliphatic rings. The van der Waals surface area contributed by atoms with Crippen LogP contribution in [0.3, 0.4) is 0 Å². The lowest BCUT2D eigenvalue weighted by Crippen LogP contribution is -2.36. The molecule has 0 amide bonds. The van der Waals surface area contributed by atoms with E-state index in [1.165, 1.54) is 52.0 Å². The van der Waals surface area contributed by atoms with Gasteiger partial charge in [0.15, 0.2) is 0 Å². The Morgan fingerprint density at radius 3 is 2.17 bits per heavy atom. The Hall–Kier alpha value is -0.0800. The molecule has 1 fully saturated rings. The molecular weight excluding hydrogens is 220 g/mol. The maximum absolute atomic E-state index is 2.66. The average molecular weight is 256 g/mol. The van der Waals surface area contributed by atoms with Crippen molar-refractivity contribution in [2.75, 3.05) is 39.8 Å². The summed E-state index contributed by atoms with van der Waals surface area (Å²) in [6, 6.07) is 0. The van der Waals surface area contributed by atoms with E-state index in [1.54, 1.807) is 0 Å². The molecule has 2 heteroatoms. The van der Waals surface area contributed by atoms with Crippen LogP contribution < -0.4 is 0 Å². The molecule has 1 rings (SSSR count). The zero-order chi connectivity index (χ0) is 14.0. The van der Waals surface area contributed by atoms with Crippen molar-refractivity contribution in [2.45, 2.75) is 53.9 Å². The monoisotopic (exact) mass is 256 g/mol. The molecule has 0 atom stereocenters. The maximum Gasteiger partial charge on any atom is -0.000655 e. The lowest BCUT2D eigenvalue weighted by molar-refractivity contribution is 0.152. The van der Waals surface area contributed by atoms with Crippen molar-refractivity contribution in [3.63, 3.8) is 0 Å². The van der Waals surface area contributed by atoms with Gasteiger partial charge in [0.05, 0.1) is 0 Å². The van der Waals surface area contributed by atoms with E-state index in [-0.39, 0.29) is 0 Å². The number of nitrogens with zero attached hydrogens (tertiary/aromatic N) is 2. The molecular formula is C16H36N2. The molecule has 110 valence electrons. The summed E-state index contributed by atoms with van der Waals surface area (Å²) in [5.74, 6) is 1.86. The molecule has 1 heterocycles. The number of piperidine rings is 1. The van der Waals surface area contributed by atoms with E-state index < -0.39 is 0 Å². The van der Waals surface area contributed by atoms with Crippen molar-refractivity contribution in [3.05, 3.63) is 0 Å². The third-order valence-electron chi connectivity index (χ3n) is 4.13. The number of hydrogen-bond acceptors (Lipinski definition) is 2. The van der Waals surface area contributed by atoms with E-state index in [1.807, 2.05) is 13.8 Å². The molecule has 0 unspecified atom stereocenters. The van der Waals surface area contributed by atoms with Crippen LogP contribution in [-0.2, 0) is 0 Å². The van der Waals surface area contributed by atoms with E-state index in [0.717, 1.165) is 11.8 Å². The van der Waals surface area contributed by atoms with Gasteiger partial charge in [-0.25, -0.2) is 0 Å². The average Bonchev–Trinajstić information content (AvgIpc) is 2.41. The quantitative estimate of drug-likeness (QED) is 0.714. The fourth-order valence-corrected chi connectivity index (χ4v) is 2.57. The van der Waals surface area contributed by atoms with Crippen molar-refractivity contribution in [3.8, 4) is 0 Å². The second-order valence-electron chi connectivity index (χ2n) is 5.67. The van der Waals surface area contributed by atoms with Gasteiger partial charge in [0, 0.05) is 0 Å². The zero-order valence-corrected chi connectivity index (χ0v) is 13.7. The molecule has 1 aliphatic heterocycles. The Morgan fingerprint density at radius 1 is 1.17 bits per heavy atom. The van der Waals surface area contributed by atoms with Gasteiger partial charge in [-0.2, -0.15) is 0 Å². The fourth-order valence-electron chi connectivity index (χ4n) is 2.57. The molecule has 0 radical (unpaired) electrons. The maximum atomic E-state index is 2.66. The summed E-state index contributed by atoms with van der Waals surface area (Å²) in [6.45, 7) is 17.4. The van der Waals surface area contributed by atoms with Crippen molar-refractivity contribution in [1.82, 2.24) is 9.80 Å². The Balaban J connectivity index is 0.00000137. The summed E-state index contributed by atoms with van der Waals surface area (Å²) in [5, 5.41) is 0. The highest BCUT2D eigenvalue weighted by molar-refractivity contribution is 4.74. The first-order valence-corrected chi connectivity index (χ1v) is 8.04. The topological polar surface area (TPSA) is 6.48 Å². The minimum atomic E-state index is 0.883. The molecule has 2 nitrogen and oxygen atoms in total. The molecule has 1 saturated heterocycles. The first kappa shape index (κ1) is 17.9. The molecule has 0 aromatic rings. The van der Waals surface area contributed by atoms with Gasteiger partial charge in [-0.05, 0) is 70.9 Å².